The van der Waals surface area contributed by atoms with Crippen LogP contribution in [-0.2, 0) is 0 Å². The molecule has 0 fully saturated rings. The van der Waals surface area contributed by atoms with Crippen LogP contribution in [0, 0.1) is 13.8 Å². The largest absolute Gasteiger partial charge is 0.364 e. The van der Waals surface area contributed by atoms with Crippen LogP contribution in [-0.4, -0.2) is 26.3 Å². The van der Waals surface area contributed by atoms with Crippen LogP contribution in [0.2, 0.25) is 0 Å². The number of para-hydroxylation sites is 1. The van der Waals surface area contributed by atoms with E-state index in [0.717, 1.165) is 22.2 Å². The molecule has 1 aromatic carbocycles. The lowest BCUT2D eigenvalue weighted by molar-refractivity contribution is 0.0996. The number of aromatic amines is 2. The number of rotatable bonds is 2. The highest BCUT2D eigenvalue weighted by atomic mass is 16.1. The molecule has 96 valence electrons. The van der Waals surface area contributed by atoms with Gasteiger partial charge >= 0.3 is 0 Å². The summed E-state index contributed by atoms with van der Waals surface area (Å²) < 4.78 is 0. The number of hydrogen-bond acceptors (Lipinski definition) is 3. The Bertz CT molecular complexity index is 784. The van der Waals surface area contributed by atoms with Gasteiger partial charge in [-0.05, 0) is 19.4 Å². The summed E-state index contributed by atoms with van der Waals surface area (Å²) in [5.41, 5.74) is 9.95. The normalized spacial score (nSPS) is 11.1. The van der Waals surface area contributed by atoms with E-state index >= 15 is 0 Å². The number of carbonyl (C=O) groups is 1. The van der Waals surface area contributed by atoms with Gasteiger partial charge in [0.1, 0.15) is 5.69 Å². The van der Waals surface area contributed by atoms with E-state index in [0.29, 0.717) is 5.69 Å². The number of nitrogens with one attached hydrogen (secondary N) is 2. The van der Waals surface area contributed by atoms with Gasteiger partial charge in [0.2, 0.25) is 0 Å². The maximum Gasteiger partial charge on any atom is 0.271 e. The van der Waals surface area contributed by atoms with Crippen LogP contribution in [0.15, 0.2) is 18.2 Å². The number of hydrogen-bond donors (Lipinski definition) is 3. The minimum absolute atomic E-state index is 0.150. The average Bonchev–Trinajstić information content (AvgIpc) is 2.96. The lowest BCUT2D eigenvalue weighted by atomic mass is 10.0. The lowest BCUT2D eigenvalue weighted by Gasteiger charge is -2.01. The molecule has 2 heterocycles. The standard InChI is InChI=1S/C13H13N5O/c1-6-7(2)15-10-8(6)4-3-5-9(10)11-12(13(14)19)17-18-16-11/h3-5,15H,1-2H3,(H2,14,19)(H,16,17,18). The summed E-state index contributed by atoms with van der Waals surface area (Å²) in [4.78, 5) is 14.7. The third kappa shape index (κ3) is 1.61. The van der Waals surface area contributed by atoms with Crippen molar-refractivity contribution < 1.29 is 4.79 Å². The second-order valence-electron chi connectivity index (χ2n) is 4.49. The summed E-state index contributed by atoms with van der Waals surface area (Å²) in [5.74, 6) is -0.597. The van der Waals surface area contributed by atoms with E-state index < -0.39 is 5.91 Å². The van der Waals surface area contributed by atoms with Crippen molar-refractivity contribution in [1.29, 1.82) is 0 Å². The van der Waals surface area contributed by atoms with E-state index in [1.54, 1.807) is 0 Å². The molecule has 6 nitrogen and oxygen atoms in total. The Labute approximate surface area is 109 Å². The van der Waals surface area contributed by atoms with Crippen molar-refractivity contribution in [1.82, 2.24) is 20.4 Å². The fourth-order valence-electron chi connectivity index (χ4n) is 2.27. The van der Waals surface area contributed by atoms with E-state index in [1.165, 1.54) is 5.56 Å². The predicted octanol–water partition coefficient (Wildman–Crippen LogP) is 1.67. The Morgan fingerprint density at radius 1 is 1.26 bits per heavy atom. The number of H-pyrrole nitrogens is 2. The number of fused-ring (bicyclic) bond motifs is 1. The van der Waals surface area contributed by atoms with Crippen LogP contribution in [0.3, 0.4) is 0 Å². The molecule has 0 aliphatic carbocycles. The summed E-state index contributed by atoms with van der Waals surface area (Å²) in [7, 11) is 0. The number of nitrogens with two attached hydrogens (primary N) is 1. The second kappa shape index (κ2) is 3.94. The molecule has 3 rings (SSSR count). The molecule has 19 heavy (non-hydrogen) atoms. The van der Waals surface area contributed by atoms with Crippen molar-refractivity contribution in [3.63, 3.8) is 0 Å². The summed E-state index contributed by atoms with van der Waals surface area (Å²) in [5, 5.41) is 11.4. The summed E-state index contributed by atoms with van der Waals surface area (Å²) in [6, 6.07) is 5.85. The topological polar surface area (TPSA) is 100 Å². The fourth-order valence-corrected chi connectivity index (χ4v) is 2.27. The molecule has 0 spiro atoms. The Morgan fingerprint density at radius 3 is 2.79 bits per heavy atom. The monoisotopic (exact) mass is 255 g/mol. The van der Waals surface area contributed by atoms with Gasteiger partial charge < -0.3 is 10.7 Å². The lowest BCUT2D eigenvalue weighted by Crippen LogP contribution is -2.12. The summed E-state index contributed by atoms with van der Waals surface area (Å²) in [6.07, 6.45) is 0. The number of primary amides is 1. The molecule has 3 aromatic rings. The minimum atomic E-state index is -0.597. The summed E-state index contributed by atoms with van der Waals surface area (Å²) >= 11 is 0. The third-order valence-corrected chi connectivity index (χ3v) is 3.38. The van der Waals surface area contributed by atoms with Crippen molar-refractivity contribution in [2.24, 2.45) is 5.73 Å². The van der Waals surface area contributed by atoms with Gasteiger partial charge in [0.25, 0.3) is 5.91 Å². The van der Waals surface area contributed by atoms with Gasteiger partial charge in [-0.1, -0.05) is 18.2 Å². The highest BCUT2D eigenvalue weighted by Crippen LogP contribution is 2.30. The smallest absolute Gasteiger partial charge is 0.271 e. The van der Waals surface area contributed by atoms with Gasteiger partial charge in [-0.25, -0.2) is 0 Å². The van der Waals surface area contributed by atoms with E-state index in [1.807, 2.05) is 25.1 Å². The van der Waals surface area contributed by atoms with Crippen LogP contribution in [0.25, 0.3) is 22.2 Å². The van der Waals surface area contributed by atoms with Crippen LogP contribution in [0.1, 0.15) is 21.7 Å². The number of aromatic nitrogens is 4. The molecule has 0 saturated carbocycles. The average molecular weight is 255 g/mol. The number of nitrogens with zero attached hydrogens (tertiary/aromatic N) is 2. The van der Waals surface area contributed by atoms with Gasteiger partial charge in [0.15, 0.2) is 5.69 Å². The molecule has 0 saturated heterocycles. The highest BCUT2D eigenvalue weighted by Gasteiger charge is 2.18. The van der Waals surface area contributed by atoms with Crippen LogP contribution < -0.4 is 5.73 Å². The molecule has 0 bridgehead atoms. The van der Waals surface area contributed by atoms with E-state index in [9.17, 15) is 4.79 Å². The van der Waals surface area contributed by atoms with Gasteiger partial charge in [-0.2, -0.15) is 15.4 Å². The molecule has 0 aliphatic rings. The van der Waals surface area contributed by atoms with Gasteiger partial charge in [-0.15, -0.1) is 0 Å². The molecular weight excluding hydrogens is 242 g/mol. The predicted molar refractivity (Wildman–Crippen MR) is 71.7 cm³/mol. The zero-order valence-corrected chi connectivity index (χ0v) is 10.6. The zero-order valence-electron chi connectivity index (χ0n) is 10.6. The first-order valence-electron chi connectivity index (χ1n) is 5.88. The number of amides is 1. The van der Waals surface area contributed by atoms with E-state index in [4.69, 9.17) is 5.73 Å². The van der Waals surface area contributed by atoms with Gasteiger partial charge in [-0.3, -0.25) is 4.79 Å². The Kier molecular flexibility index (Phi) is 2.38. The first-order chi connectivity index (χ1) is 9.09. The molecular formula is C13H13N5O. The SMILES string of the molecule is Cc1[nH]c2c(-c3n[nH]nc3C(N)=O)cccc2c1C. The molecule has 6 heteroatoms. The fraction of sp³-hybridized carbons (Fsp3) is 0.154. The molecule has 0 atom stereocenters. The van der Waals surface area contributed by atoms with E-state index in [-0.39, 0.29) is 5.69 Å². The molecule has 0 aliphatic heterocycles. The molecule has 0 radical (unpaired) electrons. The van der Waals surface area contributed by atoms with Gasteiger partial charge in [0, 0.05) is 16.6 Å². The maximum atomic E-state index is 11.4. The first-order valence-corrected chi connectivity index (χ1v) is 5.88. The third-order valence-electron chi connectivity index (χ3n) is 3.38. The Hall–Kier alpha value is -2.63. The van der Waals surface area contributed by atoms with Crippen LogP contribution in [0.5, 0.6) is 0 Å². The van der Waals surface area contributed by atoms with Crippen molar-refractivity contribution in [2.45, 2.75) is 13.8 Å². The Balaban J connectivity index is 2.34. The van der Waals surface area contributed by atoms with Crippen molar-refractivity contribution in [3.05, 3.63) is 35.2 Å². The first kappa shape index (κ1) is 11.5. The Morgan fingerprint density at radius 2 is 2.05 bits per heavy atom. The van der Waals surface area contributed by atoms with Crippen molar-refractivity contribution >= 4 is 16.8 Å². The van der Waals surface area contributed by atoms with Crippen LogP contribution in [0.4, 0.5) is 0 Å². The van der Waals surface area contributed by atoms with Gasteiger partial charge in [0.05, 0.1) is 5.52 Å². The molecule has 1 amide bonds. The molecule has 4 N–H and O–H groups in total. The number of aryl methyl sites for hydroxylation is 2. The quantitative estimate of drug-likeness (QED) is 0.649. The van der Waals surface area contributed by atoms with Crippen molar-refractivity contribution in [3.8, 4) is 11.3 Å². The number of benzene rings is 1. The second-order valence-corrected chi connectivity index (χ2v) is 4.49. The molecule has 2 aromatic heterocycles. The summed E-state index contributed by atoms with van der Waals surface area (Å²) in [6.45, 7) is 4.06. The van der Waals surface area contributed by atoms with E-state index in [2.05, 4.69) is 27.3 Å². The molecule has 0 unspecified atom stereocenters. The zero-order chi connectivity index (χ0) is 13.6. The highest BCUT2D eigenvalue weighted by molar-refractivity contribution is 6.02. The van der Waals surface area contributed by atoms with Crippen LogP contribution >= 0.6 is 0 Å². The maximum absolute atomic E-state index is 11.4. The minimum Gasteiger partial charge on any atom is -0.364 e. The number of carbonyl (C=O) groups excluding carboxylic acids is 1. The van der Waals surface area contributed by atoms with Crippen molar-refractivity contribution in [2.75, 3.05) is 0 Å².